The van der Waals surface area contributed by atoms with E-state index >= 15 is 0 Å². The summed E-state index contributed by atoms with van der Waals surface area (Å²) in [5, 5.41) is 14.1. The first-order chi connectivity index (χ1) is 11.0. The van der Waals surface area contributed by atoms with Gasteiger partial charge >= 0.3 is 0 Å². The Balaban J connectivity index is 1.96. The summed E-state index contributed by atoms with van der Waals surface area (Å²) in [6, 6.07) is 6.04. The van der Waals surface area contributed by atoms with Gasteiger partial charge in [0, 0.05) is 32.7 Å². The van der Waals surface area contributed by atoms with Gasteiger partial charge in [-0.15, -0.1) is 0 Å². The summed E-state index contributed by atoms with van der Waals surface area (Å²) < 4.78 is 5.77. The molecule has 1 saturated heterocycles. The van der Waals surface area contributed by atoms with E-state index < -0.39 is 6.10 Å². The number of nitrogens with zero attached hydrogens (tertiary/aromatic N) is 1. The van der Waals surface area contributed by atoms with Crippen LogP contribution in [0, 0.1) is 18.8 Å². The highest BCUT2D eigenvalue weighted by Crippen LogP contribution is 2.28. The number of piperazine rings is 1. The second kappa shape index (κ2) is 8.67. The van der Waals surface area contributed by atoms with E-state index in [2.05, 4.69) is 37.9 Å². The molecule has 2 atom stereocenters. The number of nitrogens with one attached hydrogen (secondary N) is 1. The fraction of sp³-hybridized carbons (Fsp3) is 0.684. The normalized spacial score (nSPS) is 18.9. The highest BCUT2D eigenvalue weighted by molar-refractivity contribution is 5.36. The Labute approximate surface area is 140 Å². The number of hydrogen-bond donors (Lipinski definition) is 2. The van der Waals surface area contributed by atoms with Crippen LogP contribution in [-0.2, 0) is 0 Å². The predicted octanol–water partition coefficient (Wildman–Crippen LogP) is 2.60. The Morgan fingerprint density at radius 2 is 1.91 bits per heavy atom. The minimum Gasteiger partial charge on any atom is -0.493 e. The number of aliphatic hydroxyl groups is 1. The average molecular weight is 320 g/mol. The van der Waals surface area contributed by atoms with Gasteiger partial charge in [-0.05, 0) is 42.0 Å². The van der Waals surface area contributed by atoms with Gasteiger partial charge < -0.3 is 20.1 Å². The van der Waals surface area contributed by atoms with Crippen molar-refractivity contribution in [3.05, 3.63) is 29.3 Å². The van der Waals surface area contributed by atoms with Crippen LogP contribution in [0.3, 0.4) is 0 Å². The molecule has 130 valence electrons. The van der Waals surface area contributed by atoms with Gasteiger partial charge in [-0.25, -0.2) is 0 Å². The molecule has 0 saturated carbocycles. The molecular weight excluding hydrogens is 288 g/mol. The maximum atomic E-state index is 10.7. The van der Waals surface area contributed by atoms with Crippen LogP contribution in [0.15, 0.2) is 18.2 Å². The number of aliphatic hydroxyl groups excluding tert-OH is 1. The zero-order valence-corrected chi connectivity index (χ0v) is 15.0. The summed E-state index contributed by atoms with van der Waals surface area (Å²) >= 11 is 0. The van der Waals surface area contributed by atoms with Gasteiger partial charge in [-0.3, -0.25) is 0 Å². The van der Waals surface area contributed by atoms with E-state index in [4.69, 9.17) is 4.74 Å². The second-order valence-electron chi connectivity index (χ2n) is 7.20. The van der Waals surface area contributed by atoms with Crippen LogP contribution in [0.1, 0.15) is 38.0 Å². The third-order valence-electron chi connectivity index (χ3n) is 4.44. The minimum absolute atomic E-state index is 0.217. The molecule has 0 radical (unpaired) electrons. The van der Waals surface area contributed by atoms with Gasteiger partial charge in [0.1, 0.15) is 5.75 Å². The molecule has 0 spiro atoms. The molecule has 2 unspecified atom stereocenters. The zero-order chi connectivity index (χ0) is 16.8. The SMILES string of the molecule is Cc1cc(OCC(C)C)ccc1C(O)C(C)CN1CCNCC1. The van der Waals surface area contributed by atoms with Crippen LogP contribution < -0.4 is 10.1 Å². The molecule has 1 fully saturated rings. The summed E-state index contributed by atoms with van der Waals surface area (Å²) in [6.45, 7) is 14.4. The summed E-state index contributed by atoms with van der Waals surface area (Å²) in [7, 11) is 0. The molecule has 4 heteroatoms. The van der Waals surface area contributed by atoms with Crippen molar-refractivity contribution in [2.75, 3.05) is 39.3 Å². The number of ether oxygens (including phenoxy) is 1. The number of aryl methyl sites for hydroxylation is 1. The highest BCUT2D eigenvalue weighted by Gasteiger charge is 2.22. The molecule has 23 heavy (non-hydrogen) atoms. The van der Waals surface area contributed by atoms with E-state index in [1.807, 2.05) is 18.2 Å². The first kappa shape index (κ1) is 18.2. The summed E-state index contributed by atoms with van der Waals surface area (Å²) in [4.78, 5) is 2.43. The molecule has 0 aliphatic carbocycles. The Hall–Kier alpha value is -1.10. The molecule has 1 aliphatic rings. The molecule has 1 aromatic carbocycles. The topological polar surface area (TPSA) is 44.7 Å². The zero-order valence-electron chi connectivity index (χ0n) is 15.0. The molecule has 0 aromatic heterocycles. The van der Waals surface area contributed by atoms with Gasteiger partial charge in [0.2, 0.25) is 0 Å². The number of rotatable bonds is 7. The number of benzene rings is 1. The van der Waals surface area contributed by atoms with Crippen molar-refractivity contribution in [2.45, 2.75) is 33.8 Å². The van der Waals surface area contributed by atoms with E-state index in [-0.39, 0.29) is 5.92 Å². The molecule has 1 aliphatic heterocycles. The van der Waals surface area contributed by atoms with E-state index in [1.165, 1.54) is 0 Å². The Morgan fingerprint density at radius 1 is 1.22 bits per heavy atom. The first-order valence-corrected chi connectivity index (χ1v) is 8.82. The van der Waals surface area contributed by atoms with Crippen molar-refractivity contribution < 1.29 is 9.84 Å². The van der Waals surface area contributed by atoms with Crippen LogP contribution in [-0.4, -0.2) is 49.3 Å². The van der Waals surface area contributed by atoms with Crippen LogP contribution in [0.25, 0.3) is 0 Å². The molecule has 4 nitrogen and oxygen atoms in total. The van der Waals surface area contributed by atoms with Gasteiger partial charge in [0.15, 0.2) is 0 Å². The summed E-state index contributed by atoms with van der Waals surface area (Å²) in [5.74, 6) is 1.62. The lowest BCUT2D eigenvalue weighted by molar-refractivity contribution is 0.0837. The van der Waals surface area contributed by atoms with Crippen LogP contribution in [0.2, 0.25) is 0 Å². The monoisotopic (exact) mass is 320 g/mol. The molecule has 2 rings (SSSR count). The summed E-state index contributed by atoms with van der Waals surface area (Å²) in [5.41, 5.74) is 2.12. The van der Waals surface area contributed by atoms with Crippen molar-refractivity contribution >= 4 is 0 Å². The molecular formula is C19H32N2O2. The molecule has 1 heterocycles. The standard InChI is InChI=1S/C19H32N2O2/c1-14(2)13-23-17-5-6-18(15(3)11-17)19(22)16(4)12-21-9-7-20-8-10-21/h5-6,11,14,16,19-20,22H,7-10,12-13H2,1-4H3. The fourth-order valence-corrected chi connectivity index (χ4v) is 3.04. The highest BCUT2D eigenvalue weighted by atomic mass is 16.5. The maximum absolute atomic E-state index is 10.7. The smallest absolute Gasteiger partial charge is 0.119 e. The third kappa shape index (κ3) is 5.48. The number of hydrogen-bond acceptors (Lipinski definition) is 4. The van der Waals surface area contributed by atoms with Crippen molar-refractivity contribution in [1.29, 1.82) is 0 Å². The molecule has 0 amide bonds. The minimum atomic E-state index is -0.427. The lowest BCUT2D eigenvalue weighted by Crippen LogP contribution is -2.45. The van der Waals surface area contributed by atoms with Crippen molar-refractivity contribution in [3.8, 4) is 5.75 Å². The van der Waals surface area contributed by atoms with Crippen molar-refractivity contribution in [1.82, 2.24) is 10.2 Å². The lowest BCUT2D eigenvalue weighted by atomic mass is 9.93. The fourth-order valence-electron chi connectivity index (χ4n) is 3.04. The summed E-state index contributed by atoms with van der Waals surface area (Å²) in [6.07, 6.45) is -0.427. The Bertz CT molecular complexity index is 484. The van der Waals surface area contributed by atoms with Crippen LogP contribution in [0.4, 0.5) is 0 Å². The molecule has 1 aromatic rings. The van der Waals surface area contributed by atoms with Gasteiger partial charge in [-0.1, -0.05) is 26.8 Å². The van der Waals surface area contributed by atoms with Crippen molar-refractivity contribution in [2.24, 2.45) is 11.8 Å². The van der Waals surface area contributed by atoms with Crippen LogP contribution in [0.5, 0.6) is 5.75 Å². The average Bonchev–Trinajstić information content (AvgIpc) is 2.53. The first-order valence-electron chi connectivity index (χ1n) is 8.82. The second-order valence-corrected chi connectivity index (χ2v) is 7.20. The van der Waals surface area contributed by atoms with E-state index in [1.54, 1.807) is 0 Å². The van der Waals surface area contributed by atoms with E-state index in [0.717, 1.165) is 56.2 Å². The van der Waals surface area contributed by atoms with E-state index in [0.29, 0.717) is 5.92 Å². The van der Waals surface area contributed by atoms with Crippen molar-refractivity contribution in [3.63, 3.8) is 0 Å². The van der Waals surface area contributed by atoms with Gasteiger partial charge in [-0.2, -0.15) is 0 Å². The molecule has 0 bridgehead atoms. The maximum Gasteiger partial charge on any atom is 0.119 e. The quantitative estimate of drug-likeness (QED) is 0.810. The third-order valence-corrected chi connectivity index (χ3v) is 4.44. The lowest BCUT2D eigenvalue weighted by Gasteiger charge is -2.31. The largest absolute Gasteiger partial charge is 0.493 e. The Morgan fingerprint density at radius 3 is 2.52 bits per heavy atom. The van der Waals surface area contributed by atoms with Gasteiger partial charge in [0.05, 0.1) is 12.7 Å². The van der Waals surface area contributed by atoms with Crippen LogP contribution >= 0.6 is 0 Å². The van der Waals surface area contributed by atoms with E-state index in [9.17, 15) is 5.11 Å². The predicted molar refractivity (Wildman–Crippen MR) is 94.9 cm³/mol. The van der Waals surface area contributed by atoms with Gasteiger partial charge in [0.25, 0.3) is 0 Å². The Kier molecular flexibility index (Phi) is 6.88. The molecule has 2 N–H and O–H groups in total.